The van der Waals surface area contributed by atoms with Crippen molar-refractivity contribution >= 4 is 52.2 Å². The first-order valence-corrected chi connectivity index (χ1v) is 10.7. The molecule has 0 saturated carbocycles. The zero-order chi connectivity index (χ0) is 22.7. The number of aromatic carboxylic acids is 1. The summed E-state index contributed by atoms with van der Waals surface area (Å²) in [5.74, 6) is -0.836. The number of nitrogens with zero attached hydrogens (tertiary/aromatic N) is 1. The summed E-state index contributed by atoms with van der Waals surface area (Å²) in [5, 5.41) is 10.1. The highest BCUT2D eigenvalue weighted by Crippen LogP contribution is 2.32. The van der Waals surface area contributed by atoms with E-state index in [9.17, 15) is 14.4 Å². The van der Waals surface area contributed by atoms with Crippen LogP contribution in [-0.4, -0.2) is 32.2 Å². The highest BCUT2D eigenvalue weighted by molar-refractivity contribution is 8.26. The number of furan rings is 1. The highest BCUT2D eigenvalue weighted by atomic mass is 32.2. The van der Waals surface area contributed by atoms with Gasteiger partial charge in [0.05, 0.1) is 16.9 Å². The lowest BCUT2D eigenvalue weighted by atomic mass is 10.1. The van der Waals surface area contributed by atoms with Gasteiger partial charge in [0.1, 0.15) is 11.5 Å². The van der Waals surface area contributed by atoms with Crippen LogP contribution in [0.1, 0.15) is 21.7 Å². The number of hydrogen-bond donors (Lipinski definition) is 2. The van der Waals surface area contributed by atoms with Crippen molar-refractivity contribution in [3.05, 3.63) is 88.5 Å². The Balaban J connectivity index is 1.45. The number of carbonyl (C=O) groups is 3. The molecule has 0 aliphatic carbocycles. The van der Waals surface area contributed by atoms with Gasteiger partial charge in [0, 0.05) is 11.6 Å². The number of thiocarbonyl (C=S) groups is 1. The van der Waals surface area contributed by atoms with Crippen LogP contribution in [0.5, 0.6) is 0 Å². The minimum Gasteiger partial charge on any atom is -0.478 e. The molecule has 2 aromatic carbocycles. The quantitative estimate of drug-likeness (QED) is 0.418. The maximum atomic E-state index is 12.7. The number of carboxylic acid groups (broad SMARTS) is 1. The number of carbonyl (C=O) groups excluding carboxylic acids is 2. The lowest BCUT2D eigenvalue weighted by molar-refractivity contribution is -0.132. The number of hydrogen-bond acceptors (Lipinski definition) is 6. The second-order valence-corrected chi connectivity index (χ2v) is 8.47. The van der Waals surface area contributed by atoms with Gasteiger partial charge in [0.2, 0.25) is 5.91 Å². The summed E-state index contributed by atoms with van der Waals surface area (Å²) in [4.78, 5) is 36.3. The number of carboxylic acids is 1. The molecule has 0 unspecified atom stereocenters. The predicted molar refractivity (Wildman–Crippen MR) is 124 cm³/mol. The van der Waals surface area contributed by atoms with E-state index in [1.165, 1.54) is 12.1 Å². The van der Waals surface area contributed by atoms with E-state index in [1.807, 2.05) is 30.3 Å². The first-order valence-electron chi connectivity index (χ1n) is 9.45. The molecule has 7 nitrogen and oxygen atoms in total. The molecular weight excluding hydrogens is 448 g/mol. The minimum atomic E-state index is -1.01. The second-order valence-electron chi connectivity index (χ2n) is 6.80. The molecule has 32 heavy (non-hydrogen) atoms. The molecule has 1 aliphatic heterocycles. The molecule has 2 amide bonds. The van der Waals surface area contributed by atoms with Crippen LogP contribution in [0.25, 0.3) is 17.4 Å². The van der Waals surface area contributed by atoms with Crippen molar-refractivity contribution in [2.24, 2.45) is 0 Å². The van der Waals surface area contributed by atoms with E-state index in [2.05, 4.69) is 5.43 Å². The van der Waals surface area contributed by atoms with Gasteiger partial charge in [-0.1, -0.05) is 54.2 Å². The van der Waals surface area contributed by atoms with Crippen molar-refractivity contribution in [2.45, 2.75) is 6.42 Å². The highest BCUT2D eigenvalue weighted by Gasteiger charge is 2.33. The van der Waals surface area contributed by atoms with Crippen LogP contribution in [0.2, 0.25) is 0 Å². The number of thioether (sulfide) groups is 1. The summed E-state index contributed by atoms with van der Waals surface area (Å²) < 4.78 is 5.99. The molecule has 4 rings (SSSR count). The number of hydrazine groups is 1. The van der Waals surface area contributed by atoms with Crippen molar-refractivity contribution in [1.29, 1.82) is 0 Å². The third-order valence-corrected chi connectivity index (χ3v) is 5.86. The van der Waals surface area contributed by atoms with Gasteiger partial charge < -0.3 is 9.52 Å². The van der Waals surface area contributed by atoms with Crippen LogP contribution >= 0.6 is 24.0 Å². The van der Waals surface area contributed by atoms with E-state index < -0.39 is 11.9 Å². The average molecular weight is 465 g/mol. The van der Waals surface area contributed by atoms with Crippen LogP contribution in [0.15, 0.2) is 76.1 Å². The van der Waals surface area contributed by atoms with Crippen molar-refractivity contribution in [3.63, 3.8) is 0 Å². The first-order chi connectivity index (χ1) is 15.4. The smallest absolute Gasteiger partial charge is 0.335 e. The van der Waals surface area contributed by atoms with Crippen molar-refractivity contribution in [3.8, 4) is 11.3 Å². The van der Waals surface area contributed by atoms with Crippen LogP contribution < -0.4 is 5.43 Å². The fourth-order valence-corrected chi connectivity index (χ4v) is 4.16. The lowest BCUT2D eigenvalue weighted by Crippen LogP contribution is -2.45. The molecule has 2 heterocycles. The fourth-order valence-electron chi connectivity index (χ4n) is 3.00. The molecular formula is C23H16N2O5S2. The molecule has 1 fully saturated rings. The van der Waals surface area contributed by atoms with Crippen molar-refractivity contribution in [2.75, 3.05) is 0 Å². The fraction of sp³-hybridized carbons (Fsp3) is 0.0435. The molecule has 3 aromatic rings. The summed E-state index contributed by atoms with van der Waals surface area (Å²) >= 11 is 6.31. The molecule has 0 atom stereocenters. The summed E-state index contributed by atoms with van der Waals surface area (Å²) in [6.45, 7) is 0. The molecule has 2 N–H and O–H groups in total. The Morgan fingerprint density at radius 2 is 1.78 bits per heavy atom. The maximum absolute atomic E-state index is 12.7. The SMILES string of the molecule is O=C(Cc1ccccc1)NN1C(=O)/C(=C/c2ccc(-c3ccc(C(=O)O)cc3)o2)SC1=S. The van der Waals surface area contributed by atoms with Gasteiger partial charge in [0.25, 0.3) is 5.91 Å². The monoisotopic (exact) mass is 464 g/mol. The Morgan fingerprint density at radius 1 is 1.06 bits per heavy atom. The summed E-state index contributed by atoms with van der Waals surface area (Å²) in [6, 6.07) is 18.9. The summed E-state index contributed by atoms with van der Waals surface area (Å²) in [5.41, 5.74) is 4.26. The Labute approximate surface area is 192 Å². The second kappa shape index (κ2) is 9.21. The van der Waals surface area contributed by atoms with E-state index in [-0.39, 0.29) is 22.2 Å². The number of rotatable bonds is 6. The topological polar surface area (TPSA) is 99.9 Å². The molecule has 9 heteroatoms. The molecule has 0 bridgehead atoms. The molecule has 1 aliphatic rings. The van der Waals surface area contributed by atoms with Gasteiger partial charge in [0.15, 0.2) is 4.32 Å². The largest absolute Gasteiger partial charge is 0.478 e. The molecule has 0 spiro atoms. The Morgan fingerprint density at radius 3 is 2.47 bits per heavy atom. The standard InChI is InChI=1S/C23H16N2O5S2/c26-20(12-14-4-2-1-3-5-14)24-25-21(27)19(32-23(25)31)13-17-10-11-18(30-17)15-6-8-16(9-7-15)22(28)29/h1-11,13H,12H2,(H,24,26)(H,28,29)/b19-13-. The minimum absolute atomic E-state index is 0.124. The van der Waals surface area contributed by atoms with Gasteiger partial charge in [-0.05, 0) is 42.0 Å². The van der Waals surface area contributed by atoms with Crippen LogP contribution in [-0.2, 0) is 16.0 Å². The maximum Gasteiger partial charge on any atom is 0.335 e. The van der Waals surface area contributed by atoms with Crippen molar-refractivity contribution in [1.82, 2.24) is 10.4 Å². The van der Waals surface area contributed by atoms with Gasteiger partial charge in [-0.3, -0.25) is 15.0 Å². The van der Waals surface area contributed by atoms with Gasteiger partial charge >= 0.3 is 5.97 Å². The lowest BCUT2D eigenvalue weighted by Gasteiger charge is -2.15. The predicted octanol–water partition coefficient (Wildman–Crippen LogP) is 4.12. The number of amides is 2. The molecule has 1 saturated heterocycles. The zero-order valence-electron chi connectivity index (χ0n) is 16.5. The third kappa shape index (κ3) is 4.79. The van der Waals surface area contributed by atoms with E-state index >= 15 is 0 Å². The van der Waals surface area contributed by atoms with Gasteiger partial charge in [-0.2, -0.15) is 5.01 Å². The third-order valence-electron chi connectivity index (χ3n) is 4.55. The number of nitrogens with one attached hydrogen (secondary N) is 1. The zero-order valence-corrected chi connectivity index (χ0v) is 18.1. The Hall–Kier alpha value is -3.69. The van der Waals surface area contributed by atoms with E-state index in [4.69, 9.17) is 21.7 Å². The van der Waals surface area contributed by atoms with E-state index in [0.29, 0.717) is 22.0 Å². The molecule has 160 valence electrons. The van der Waals surface area contributed by atoms with E-state index in [0.717, 1.165) is 22.3 Å². The Bertz CT molecular complexity index is 1230. The van der Waals surface area contributed by atoms with Crippen LogP contribution in [0, 0.1) is 0 Å². The summed E-state index contributed by atoms with van der Waals surface area (Å²) in [6.07, 6.45) is 1.68. The Kier molecular flexibility index (Phi) is 6.20. The molecule has 0 radical (unpaired) electrons. The summed E-state index contributed by atoms with van der Waals surface area (Å²) in [7, 11) is 0. The van der Waals surface area contributed by atoms with Gasteiger partial charge in [-0.15, -0.1) is 0 Å². The van der Waals surface area contributed by atoms with Crippen molar-refractivity contribution < 1.29 is 23.9 Å². The van der Waals surface area contributed by atoms with Crippen LogP contribution in [0.4, 0.5) is 0 Å². The van der Waals surface area contributed by atoms with Crippen LogP contribution in [0.3, 0.4) is 0 Å². The first kappa shape index (κ1) is 21.5. The average Bonchev–Trinajstić information content (AvgIpc) is 3.35. The normalized spacial score (nSPS) is 14.8. The van der Waals surface area contributed by atoms with E-state index in [1.54, 1.807) is 30.3 Å². The molecule has 1 aromatic heterocycles. The number of benzene rings is 2. The van der Waals surface area contributed by atoms with Gasteiger partial charge in [-0.25, -0.2) is 4.79 Å².